The van der Waals surface area contributed by atoms with Gasteiger partial charge in [-0.15, -0.1) is 0 Å². The van der Waals surface area contributed by atoms with E-state index in [2.05, 4.69) is 27.5 Å². The van der Waals surface area contributed by atoms with Crippen LogP contribution < -0.4 is 15.4 Å². The van der Waals surface area contributed by atoms with Crippen molar-refractivity contribution in [2.75, 3.05) is 38.2 Å². The van der Waals surface area contributed by atoms with E-state index in [0.717, 1.165) is 61.3 Å². The summed E-state index contributed by atoms with van der Waals surface area (Å²) in [6, 6.07) is 4.31. The van der Waals surface area contributed by atoms with Gasteiger partial charge >= 0.3 is 0 Å². The number of fused-ring (bicyclic) bond motifs is 1. The molecule has 0 amide bonds. The third-order valence-electron chi connectivity index (χ3n) is 5.28. The topological polar surface area (TPSA) is 85.6 Å². The van der Waals surface area contributed by atoms with Crippen LogP contribution in [-0.2, 0) is 4.74 Å². The number of aromatic nitrogens is 4. The minimum absolute atomic E-state index is 0.116. The van der Waals surface area contributed by atoms with E-state index < -0.39 is 0 Å². The summed E-state index contributed by atoms with van der Waals surface area (Å²) in [5.41, 5.74) is 2.63. The molecule has 0 aromatic carbocycles. The molecule has 8 nitrogen and oxygen atoms in total. The maximum atomic E-state index is 5.95. The van der Waals surface area contributed by atoms with Crippen molar-refractivity contribution in [1.82, 2.24) is 24.7 Å². The molecule has 2 aliphatic rings. The molecule has 0 bridgehead atoms. The molecule has 0 aliphatic carbocycles. The molecule has 2 aliphatic heterocycles. The third kappa shape index (κ3) is 3.41. The molecular weight excluding hydrogens is 356 g/mol. The second kappa shape index (κ2) is 7.03. The summed E-state index contributed by atoms with van der Waals surface area (Å²) in [5, 5.41) is 6.79. The summed E-state index contributed by atoms with van der Waals surface area (Å²) in [6.45, 7) is 6.31. The number of ether oxygens (including phenoxy) is 2. The van der Waals surface area contributed by atoms with E-state index in [0.29, 0.717) is 12.6 Å². The molecule has 2 N–H and O–H groups in total. The Kier molecular flexibility index (Phi) is 4.37. The molecule has 2 fully saturated rings. The Morgan fingerprint density at radius 2 is 2.29 bits per heavy atom. The maximum absolute atomic E-state index is 5.95. The lowest BCUT2D eigenvalue weighted by atomic mass is 9.90. The zero-order valence-corrected chi connectivity index (χ0v) is 15.9. The molecule has 1 atom stereocenters. The second-order valence-electron chi connectivity index (χ2n) is 7.95. The average molecular weight is 380 g/mol. The maximum Gasteiger partial charge on any atom is 0.145 e. The molecule has 28 heavy (non-hydrogen) atoms. The normalized spacial score (nSPS) is 20.8. The molecule has 5 heterocycles. The van der Waals surface area contributed by atoms with Gasteiger partial charge in [-0.05, 0) is 19.0 Å². The molecule has 0 saturated carbocycles. The van der Waals surface area contributed by atoms with Crippen LogP contribution in [0.4, 0.5) is 5.82 Å². The van der Waals surface area contributed by atoms with Crippen LogP contribution in [0.1, 0.15) is 13.3 Å². The number of anilines is 1. The summed E-state index contributed by atoms with van der Waals surface area (Å²) in [5.74, 6) is 1.60. The fourth-order valence-electron chi connectivity index (χ4n) is 3.58. The summed E-state index contributed by atoms with van der Waals surface area (Å²) in [6.07, 6.45) is 8.42. The molecule has 2 saturated heterocycles. The van der Waals surface area contributed by atoms with E-state index in [1.54, 1.807) is 12.4 Å². The highest BCUT2D eigenvalue weighted by Crippen LogP contribution is 2.28. The van der Waals surface area contributed by atoms with Crippen LogP contribution in [0.5, 0.6) is 5.75 Å². The third-order valence-corrected chi connectivity index (χ3v) is 5.28. The van der Waals surface area contributed by atoms with Gasteiger partial charge in [-0.25, -0.2) is 9.97 Å². The summed E-state index contributed by atoms with van der Waals surface area (Å²) >= 11 is 0. The van der Waals surface area contributed by atoms with Crippen LogP contribution in [-0.4, -0.2) is 58.3 Å². The first-order valence-corrected chi connectivity index (χ1v) is 9.66. The first kappa shape index (κ1) is 17.4. The number of imidazole rings is 1. The second-order valence-corrected chi connectivity index (χ2v) is 7.95. The molecule has 0 unspecified atom stereocenters. The van der Waals surface area contributed by atoms with E-state index in [1.165, 1.54) is 0 Å². The average Bonchev–Trinajstić information content (AvgIpc) is 3.34. The van der Waals surface area contributed by atoms with Crippen molar-refractivity contribution in [1.29, 1.82) is 0 Å². The van der Waals surface area contributed by atoms with Crippen molar-refractivity contribution in [3.63, 3.8) is 0 Å². The van der Waals surface area contributed by atoms with E-state index in [1.807, 2.05) is 28.9 Å². The Hall–Kier alpha value is -2.71. The number of hydrogen-bond donors (Lipinski definition) is 2. The Balaban J connectivity index is 1.35. The molecule has 3 aromatic heterocycles. The first-order chi connectivity index (χ1) is 13.7. The number of hydrogen-bond acceptors (Lipinski definition) is 7. The molecule has 0 spiro atoms. The predicted octanol–water partition coefficient (Wildman–Crippen LogP) is 1.98. The summed E-state index contributed by atoms with van der Waals surface area (Å²) in [7, 11) is 0. The number of pyridine rings is 1. The molecule has 5 rings (SSSR count). The van der Waals surface area contributed by atoms with Gasteiger partial charge in [0.1, 0.15) is 22.9 Å². The van der Waals surface area contributed by atoms with Gasteiger partial charge in [0.2, 0.25) is 0 Å². The fourth-order valence-corrected chi connectivity index (χ4v) is 3.58. The van der Waals surface area contributed by atoms with E-state index in [4.69, 9.17) is 14.5 Å². The molecule has 146 valence electrons. The Bertz CT molecular complexity index is 978. The highest BCUT2D eigenvalue weighted by molar-refractivity contribution is 5.61. The minimum Gasteiger partial charge on any atom is -0.493 e. The highest BCUT2D eigenvalue weighted by Gasteiger charge is 2.34. The smallest absolute Gasteiger partial charge is 0.145 e. The van der Waals surface area contributed by atoms with Crippen molar-refractivity contribution in [2.45, 2.75) is 19.4 Å². The standard InChI is InChI=1S/C20H24N6O2/c1-20(11-27-12-20)13-28-15-3-5-26-17(9-23-19(26)6-15)16-8-22-10-18(25-16)24-14-2-4-21-7-14/h3,5-6,8-10,14,21H,2,4,7,11-13H2,1H3,(H,24,25)/t14-/m1/s1. The van der Waals surface area contributed by atoms with Gasteiger partial charge in [-0.3, -0.25) is 9.38 Å². The largest absolute Gasteiger partial charge is 0.493 e. The number of nitrogens with zero attached hydrogens (tertiary/aromatic N) is 4. The summed E-state index contributed by atoms with van der Waals surface area (Å²) < 4.78 is 13.2. The minimum atomic E-state index is 0.116. The van der Waals surface area contributed by atoms with Gasteiger partial charge in [-0.1, -0.05) is 6.92 Å². The Morgan fingerprint density at radius 3 is 3.07 bits per heavy atom. The monoisotopic (exact) mass is 380 g/mol. The predicted molar refractivity (Wildman–Crippen MR) is 106 cm³/mol. The number of rotatable bonds is 6. The van der Waals surface area contributed by atoms with Crippen LogP contribution in [0.25, 0.3) is 17.0 Å². The SMILES string of the molecule is CC1(COc2ccn3c(-c4cncc(N[C@@H]5CCNC5)n4)cnc3c2)COC1. The quantitative estimate of drug-likeness (QED) is 0.676. The molecular formula is C20H24N6O2. The molecule has 3 aromatic rings. The van der Waals surface area contributed by atoms with Crippen molar-refractivity contribution in [3.8, 4) is 17.1 Å². The Labute approximate surface area is 163 Å². The summed E-state index contributed by atoms with van der Waals surface area (Å²) in [4.78, 5) is 13.6. The molecule has 0 radical (unpaired) electrons. The van der Waals surface area contributed by atoms with Crippen LogP contribution in [0.2, 0.25) is 0 Å². The fraction of sp³-hybridized carbons (Fsp3) is 0.450. The van der Waals surface area contributed by atoms with Gasteiger partial charge < -0.3 is 20.1 Å². The van der Waals surface area contributed by atoms with Crippen LogP contribution in [0, 0.1) is 5.41 Å². The van der Waals surface area contributed by atoms with Gasteiger partial charge in [0.05, 0.1) is 44.1 Å². The van der Waals surface area contributed by atoms with Crippen LogP contribution in [0.15, 0.2) is 36.9 Å². The molecule has 8 heteroatoms. The van der Waals surface area contributed by atoms with Crippen molar-refractivity contribution < 1.29 is 9.47 Å². The highest BCUT2D eigenvalue weighted by atomic mass is 16.5. The first-order valence-electron chi connectivity index (χ1n) is 9.66. The van der Waals surface area contributed by atoms with Crippen molar-refractivity contribution in [2.24, 2.45) is 5.41 Å². The van der Waals surface area contributed by atoms with Crippen molar-refractivity contribution in [3.05, 3.63) is 36.9 Å². The lowest BCUT2D eigenvalue weighted by molar-refractivity contribution is -0.120. The lowest BCUT2D eigenvalue weighted by Gasteiger charge is -2.37. The zero-order chi connectivity index (χ0) is 19.0. The van der Waals surface area contributed by atoms with Gasteiger partial charge in [-0.2, -0.15) is 0 Å². The Morgan fingerprint density at radius 1 is 1.36 bits per heavy atom. The van der Waals surface area contributed by atoms with E-state index >= 15 is 0 Å². The van der Waals surface area contributed by atoms with E-state index in [-0.39, 0.29) is 5.41 Å². The zero-order valence-electron chi connectivity index (χ0n) is 15.9. The van der Waals surface area contributed by atoms with Gasteiger partial charge in [0.15, 0.2) is 0 Å². The van der Waals surface area contributed by atoms with Crippen molar-refractivity contribution >= 4 is 11.5 Å². The number of nitrogens with one attached hydrogen (secondary N) is 2. The van der Waals surface area contributed by atoms with Gasteiger partial charge in [0.25, 0.3) is 0 Å². The van der Waals surface area contributed by atoms with Crippen LogP contribution >= 0.6 is 0 Å². The van der Waals surface area contributed by atoms with Crippen LogP contribution in [0.3, 0.4) is 0 Å². The van der Waals surface area contributed by atoms with E-state index in [9.17, 15) is 0 Å². The lowest BCUT2D eigenvalue weighted by Crippen LogP contribution is -2.44. The van der Waals surface area contributed by atoms with Gasteiger partial charge in [0, 0.05) is 30.3 Å².